The molecule has 3 nitrogen and oxygen atoms in total. The van der Waals surface area contributed by atoms with E-state index in [4.69, 9.17) is 4.74 Å². The highest BCUT2D eigenvalue weighted by molar-refractivity contribution is 5.75. The van der Waals surface area contributed by atoms with Gasteiger partial charge >= 0.3 is 5.97 Å². The summed E-state index contributed by atoms with van der Waals surface area (Å²) in [6.45, 7) is 8.25. The van der Waals surface area contributed by atoms with Crippen LogP contribution in [0.5, 0.6) is 0 Å². The van der Waals surface area contributed by atoms with Gasteiger partial charge in [-0.1, -0.05) is 51.1 Å². The molecule has 18 heavy (non-hydrogen) atoms. The number of benzene rings is 1. The third-order valence-corrected chi connectivity index (χ3v) is 3.14. The average molecular weight is 249 g/mol. The monoisotopic (exact) mass is 249 g/mol. The molecule has 0 aliphatic heterocycles. The Morgan fingerprint density at radius 2 is 1.78 bits per heavy atom. The first-order chi connectivity index (χ1) is 8.72. The highest BCUT2D eigenvalue weighted by Crippen LogP contribution is 2.08. The van der Waals surface area contributed by atoms with Gasteiger partial charge in [-0.25, -0.2) is 0 Å². The van der Waals surface area contributed by atoms with Gasteiger partial charge in [-0.05, 0) is 25.1 Å². The standard InChI is InChI=1S/C15H23NO2/c1-4-14(16(5-2)6-3)15(17)18-12-13-10-8-7-9-11-13/h7-11,14H,4-6,12H2,1-3H3/t14-/m1/s1. The van der Waals surface area contributed by atoms with E-state index in [2.05, 4.69) is 18.7 Å². The molecule has 0 radical (unpaired) electrons. The van der Waals surface area contributed by atoms with Crippen molar-refractivity contribution < 1.29 is 9.53 Å². The van der Waals surface area contributed by atoms with Crippen LogP contribution in [0.3, 0.4) is 0 Å². The third kappa shape index (κ3) is 4.15. The zero-order valence-electron chi connectivity index (χ0n) is 11.6. The minimum absolute atomic E-state index is 0.120. The quantitative estimate of drug-likeness (QED) is 0.696. The fourth-order valence-corrected chi connectivity index (χ4v) is 2.06. The van der Waals surface area contributed by atoms with Gasteiger partial charge in [0.15, 0.2) is 0 Å². The van der Waals surface area contributed by atoms with E-state index >= 15 is 0 Å². The van der Waals surface area contributed by atoms with Crippen LogP contribution in [0.25, 0.3) is 0 Å². The van der Waals surface area contributed by atoms with Crippen molar-refractivity contribution in [2.45, 2.75) is 39.8 Å². The second kappa shape index (κ2) is 7.88. The van der Waals surface area contributed by atoms with Gasteiger partial charge in [-0.2, -0.15) is 0 Å². The molecule has 1 rings (SSSR count). The summed E-state index contributed by atoms with van der Waals surface area (Å²) in [4.78, 5) is 14.2. The van der Waals surface area contributed by atoms with Crippen LogP contribution in [0.1, 0.15) is 32.8 Å². The molecule has 0 aliphatic carbocycles. The van der Waals surface area contributed by atoms with E-state index in [1.165, 1.54) is 0 Å². The average Bonchev–Trinajstić information content (AvgIpc) is 2.43. The molecule has 0 bridgehead atoms. The maximum absolute atomic E-state index is 12.0. The van der Waals surface area contributed by atoms with E-state index in [9.17, 15) is 4.79 Å². The van der Waals surface area contributed by atoms with Crippen molar-refractivity contribution >= 4 is 5.97 Å². The smallest absolute Gasteiger partial charge is 0.323 e. The number of hydrogen-bond donors (Lipinski definition) is 0. The van der Waals surface area contributed by atoms with Gasteiger partial charge in [-0.3, -0.25) is 9.69 Å². The maximum Gasteiger partial charge on any atom is 0.323 e. The van der Waals surface area contributed by atoms with Gasteiger partial charge in [0.2, 0.25) is 0 Å². The highest BCUT2D eigenvalue weighted by atomic mass is 16.5. The molecule has 0 saturated heterocycles. The first kappa shape index (κ1) is 14.7. The van der Waals surface area contributed by atoms with Crippen LogP contribution in [-0.2, 0) is 16.1 Å². The van der Waals surface area contributed by atoms with Crippen molar-refractivity contribution in [3.05, 3.63) is 35.9 Å². The zero-order valence-corrected chi connectivity index (χ0v) is 11.6. The fourth-order valence-electron chi connectivity index (χ4n) is 2.06. The Kier molecular flexibility index (Phi) is 6.44. The Bertz CT molecular complexity index is 347. The van der Waals surface area contributed by atoms with Gasteiger partial charge in [0.1, 0.15) is 12.6 Å². The van der Waals surface area contributed by atoms with E-state index in [0.717, 1.165) is 25.1 Å². The van der Waals surface area contributed by atoms with Crippen molar-refractivity contribution in [3.63, 3.8) is 0 Å². The third-order valence-electron chi connectivity index (χ3n) is 3.14. The van der Waals surface area contributed by atoms with Crippen LogP contribution in [-0.4, -0.2) is 30.0 Å². The molecule has 0 N–H and O–H groups in total. The van der Waals surface area contributed by atoms with E-state index in [1.807, 2.05) is 37.3 Å². The lowest BCUT2D eigenvalue weighted by atomic mass is 10.2. The number of carbonyl (C=O) groups excluding carboxylic acids is 1. The lowest BCUT2D eigenvalue weighted by molar-refractivity contribution is -0.151. The van der Waals surface area contributed by atoms with E-state index in [-0.39, 0.29) is 12.0 Å². The second-order valence-corrected chi connectivity index (χ2v) is 4.24. The van der Waals surface area contributed by atoms with Crippen LogP contribution in [0.15, 0.2) is 30.3 Å². The molecule has 0 fully saturated rings. The van der Waals surface area contributed by atoms with Gasteiger partial charge < -0.3 is 4.74 Å². The molecule has 100 valence electrons. The van der Waals surface area contributed by atoms with Crippen LogP contribution < -0.4 is 0 Å². The van der Waals surface area contributed by atoms with Crippen LogP contribution in [0, 0.1) is 0 Å². The van der Waals surface area contributed by atoms with Crippen molar-refractivity contribution in [1.82, 2.24) is 4.90 Å². The summed E-state index contributed by atoms with van der Waals surface area (Å²) >= 11 is 0. The lowest BCUT2D eigenvalue weighted by Gasteiger charge is -2.26. The SMILES string of the molecule is CC[C@H](C(=O)OCc1ccccc1)N(CC)CC. The molecule has 0 aromatic heterocycles. The Balaban J connectivity index is 2.52. The molecule has 3 heteroatoms. The zero-order chi connectivity index (χ0) is 13.4. The number of esters is 1. The first-order valence-electron chi connectivity index (χ1n) is 6.67. The predicted molar refractivity (Wildman–Crippen MR) is 73.2 cm³/mol. The largest absolute Gasteiger partial charge is 0.460 e. The summed E-state index contributed by atoms with van der Waals surface area (Å²) in [5.74, 6) is -0.120. The predicted octanol–water partition coefficient (Wildman–Crippen LogP) is 2.85. The van der Waals surface area contributed by atoms with Gasteiger partial charge in [0.05, 0.1) is 0 Å². The summed E-state index contributed by atoms with van der Waals surface area (Å²) in [5, 5.41) is 0. The van der Waals surface area contributed by atoms with Crippen molar-refractivity contribution in [3.8, 4) is 0 Å². The van der Waals surface area contributed by atoms with Gasteiger partial charge in [0.25, 0.3) is 0 Å². The van der Waals surface area contributed by atoms with Crippen molar-refractivity contribution in [2.75, 3.05) is 13.1 Å². The normalized spacial score (nSPS) is 12.4. The molecule has 0 aliphatic rings. The molecular weight excluding hydrogens is 226 g/mol. The second-order valence-electron chi connectivity index (χ2n) is 4.24. The Morgan fingerprint density at radius 1 is 1.17 bits per heavy atom. The van der Waals surface area contributed by atoms with Crippen LogP contribution in [0.4, 0.5) is 0 Å². The molecule has 0 unspecified atom stereocenters. The molecule has 0 spiro atoms. The Morgan fingerprint density at radius 3 is 2.28 bits per heavy atom. The first-order valence-corrected chi connectivity index (χ1v) is 6.67. The molecule has 0 heterocycles. The summed E-state index contributed by atoms with van der Waals surface area (Å²) < 4.78 is 5.39. The van der Waals surface area contributed by atoms with E-state index < -0.39 is 0 Å². The Hall–Kier alpha value is -1.35. The summed E-state index contributed by atoms with van der Waals surface area (Å²) in [7, 11) is 0. The summed E-state index contributed by atoms with van der Waals surface area (Å²) in [5.41, 5.74) is 1.03. The highest BCUT2D eigenvalue weighted by Gasteiger charge is 2.23. The summed E-state index contributed by atoms with van der Waals surface area (Å²) in [6.07, 6.45) is 0.787. The maximum atomic E-state index is 12.0. The van der Waals surface area contributed by atoms with Crippen LogP contribution >= 0.6 is 0 Å². The number of carbonyl (C=O) groups is 1. The van der Waals surface area contributed by atoms with E-state index in [0.29, 0.717) is 6.61 Å². The molecular formula is C15H23NO2. The van der Waals surface area contributed by atoms with Crippen LogP contribution in [0.2, 0.25) is 0 Å². The topological polar surface area (TPSA) is 29.5 Å². The number of nitrogens with zero attached hydrogens (tertiary/aromatic N) is 1. The lowest BCUT2D eigenvalue weighted by Crippen LogP contribution is -2.41. The van der Waals surface area contributed by atoms with Gasteiger partial charge in [0, 0.05) is 0 Å². The molecule has 1 aromatic rings. The Labute approximate surface area is 110 Å². The fraction of sp³-hybridized carbons (Fsp3) is 0.533. The van der Waals surface area contributed by atoms with Crippen molar-refractivity contribution in [2.24, 2.45) is 0 Å². The van der Waals surface area contributed by atoms with Gasteiger partial charge in [-0.15, -0.1) is 0 Å². The molecule has 0 amide bonds. The van der Waals surface area contributed by atoms with E-state index in [1.54, 1.807) is 0 Å². The molecule has 0 saturated carbocycles. The minimum Gasteiger partial charge on any atom is -0.460 e. The minimum atomic E-state index is -0.122. The number of hydrogen-bond acceptors (Lipinski definition) is 3. The number of rotatable bonds is 7. The molecule has 1 atom stereocenters. The number of likely N-dealkylation sites (N-methyl/N-ethyl adjacent to an activating group) is 1. The number of ether oxygens (including phenoxy) is 1. The van der Waals surface area contributed by atoms with Crippen molar-refractivity contribution in [1.29, 1.82) is 0 Å². The summed E-state index contributed by atoms with van der Waals surface area (Å²) in [6, 6.07) is 9.66. The molecule has 1 aromatic carbocycles.